The van der Waals surface area contributed by atoms with Crippen molar-refractivity contribution in [1.29, 1.82) is 0 Å². The molecule has 4 aliphatic rings. The molecule has 55 heavy (non-hydrogen) atoms. The molecule has 0 unspecified atom stereocenters. The van der Waals surface area contributed by atoms with E-state index in [-0.39, 0.29) is 39.9 Å². The largest absolute Gasteiger partial charge is 0.508 e. The van der Waals surface area contributed by atoms with Crippen molar-refractivity contribution in [3.05, 3.63) is 65.1 Å². The fourth-order valence-corrected chi connectivity index (χ4v) is 8.30. The first-order valence-electron chi connectivity index (χ1n) is 19.3. The number of aryl methyl sites for hydroxylation is 2. The predicted molar refractivity (Wildman–Crippen MR) is 202 cm³/mol. The number of piperazine rings is 1. The normalized spacial score (nSPS) is 18.7. The Labute approximate surface area is 317 Å². The van der Waals surface area contributed by atoms with E-state index in [1.807, 2.05) is 27.5 Å². The molecule has 3 aliphatic heterocycles. The maximum absolute atomic E-state index is 17.2. The van der Waals surface area contributed by atoms with Crippen LogP contribution in [0.5, 0.6) is 11.8 Å². The molecule has 15 heteroatoms. The third kappa shape index (κ3) is 6.93. The molecule has 0 atom stereocenters. The summed E-state index contributed by atoms with van der Waals surface area (Å²) >= 11 is 0. The van der Waals surface area contributed by atoms with Crippen molar-refractivity contribution in [3.63, 3.8) is 0 Å². The third-order valence-electron chi connectivity index (χ3n) is 11.5. The summed E-state index contributed by atoms with van der Waals surface area (Å²) in [6.07, 6.45) is 4.64. The van der Waals surface area contributed by atoms with Gasteiger partial charge >= 0.3 is 6.01 Å². The average Bonchev–Trinajstić information content (AvgIpc) is 3.91. The van der Waals surface area contributed by atoms with Crippen LogP contribution in [-0.4, -0.2) is 118 Å². The molecular weight excluding hydrogens is 708 g/mol. The van der Waals surface area contributed by atoms with Crippen LogP contribution in [0.2, 0.25) is 0 Å². The number of pyridine rings is 1. The molecule has 288 valence electrons. The van der Waals surface area contributed by atoms with E-state index in [0.717, 1.165) is 51.3 Å². The number of carbonyl (C=O) groups excluding carboxylic acids is 1. The number of nitrogens with one attached hydrogen (secondary N) is 1. The summed E-state index contributed by atoms with van der Waals surface area (Å²) in [6, 6.07) is 7.81. The fraction of sp³-hybridized carbons (Fsp3) is 0.475. The molecule has 9 rings (SSSR count). The molecule has 3 fully saturated rings. The minimum atomic E-state index is -0.720. The third-order valence-corrected chi connectivity index (χ3v) is 11.5. The first-order valence-corrected chi connectivity index (χ1v) is 19.3. The van der Waals surface area contributed by atoms with Gasteiger partial charge in [0.25, 0.3) is 5.91 Å². The molecule has 1 aliphatic carbocycles. The van der Waals surface area contributed by atoms with Crippen molar-refractivity contribution in [3.8, 4) is 23.0 Å². The van der Waals surface area contributed by atoms with Gasteiger partial charge in [-0.15, -0.1) is 0 Å². The maximum atomic E-state index is 17.2. The van der Waals surface area contributed by atoms with Gasteiger partial charge in [-0.3, -0.25) is 19.4 Å². The number of hydrogen-bond acceptors (Lipinski definition) is 11. The van der Waals surface area contributed by atoms with Gasteiger partial charge in [0.05, 0.1) is 37.4 Å². The minimum Gasteiger partial charge on any atom is -0.508 e. The monoisotopic (exact) mass is 753 g/mol. The van der Waals surface area contributed by atoms with E-state index in [1.165, 1.54) is 12.1 Å². The second-order valence-corrected chi connectivity index (χ2v) is 15.2. The predicted octanol–water partition coefficient (Wildman–Crippen LogP) is 4.53. The van der Waals surface area contributed by atoms with E-state index >= 15 is 8.78 Å². The number of rotatable bonds is 9. The molecule has 2 aromatic carbocycles. The highest BCUT2D eigenvalue weighted by molar-refractivity contribution is 6.02. The summed E-state index contributed by atoms with van der Waals surface area (Å²) in [5.74, 6) is -0.847. The van der Waals surface area contributed by atoms with Crippen LogP contribution in [0.25, 0.3) is 32.9 Å². The van der Waals surface area contributed by atoms with Gasteiger partial charge in [-0.05, 0) is 66.3 Å². The number of hydrogen-bond donors (Lipinski definition) is 2. The zero-order valence-electron chi connectivity index (χ0n) is 31.0. The maximum Gasteiger partial charge on any atom is 0.319 e. The van der Waals surface area contributed by atoms with Crippen LogP contribution in [-0.2, 0) is 24.2 Å². The van der Waals surface area contributed by atoms with Crippen molar-refractivity contribution in [2.24, 2.45) is 5.41 Å². The number of anilines is 1. The van der Waals surface area contributed by atoms with Crippen LogP contribution in [0.3, 0.4) is 0 Å². The number of aromatic hydroxyl groups is 1. The molecule has 6 heterocycles. The number of amides is 1. The van der Waals surface area contributed by atoms with Gasteiger partial charge in [-0.25, -0.2) is 8.78 Å². The number of phenols is 1. The number of morpholine rings is 1. The Morgan fingerprint density at radius 2 is 1.85 bits per heavy atom. The van der Waals surface area contributed by atoms with Crippen molar-refractivity contribution in [2.75, 3.05) is 77.1 Å². The van der Waals surface area contributed by atoms with Crippen molar-refractivity contribution in [2.45, 2.75) is 45.7 Å². The quantitative estimate of drug-likeness (QED) is 0.220. The van der Waals surface area contributed by atoms with Crippen LogP contribution in [0, 0.1) is 17.0 Å². The van der Waals surface area contributed by atoms with E-state index in [0.29, 0.717) is 98.6 Å². The summed E-state index contributed by atoms with van der Waals surface area (Å²) in [6.45, 7) is 10.6. The smallest absolute Gasteiger partial charge is 0.319 e. The van der Waals surface area contributed by atoms with E-state index < -0.39 is 11.6 Å². The number of carbonyl (C=O) groups is 1. The van der Waals surface area contributed by atoms with Crippen LogP contribution in [0.4, 0.5) is 14.6 Å². The number of ether oxygens (including phenoxy) is 2. The summed E-state index contributed by atoms with van der Waals surface area (Å²) in [5.41, 5.74) is 1.85. The number of benzene rings is 2. The number of fused-ring (bicyclic) bond motifs is 3. The van der Waals surface area contributed by atoms with Gasteiger partial charge in [0, 0.05) is 76.1 Å². The van der Waals surface area contributed by atoms with Crippen LogP contribution in [0.15, 0.2) is 36.5 Å². The molecule has 1 saturated carbocycles. The lowest BCUT2D eigenvalue weighted by molar-refractivity contribution is 0.0231. The molecule has 3 aromatic heterocycles. The highest BCUT2D eigenvalue weighted by Gasteiger charge is 2.45. The van der Waals surface area contributed by atoms with Crippen molar-refractivity contribution >= 4 is 33.4 Å². The molecule has 0 spiro atoms. The molecule has 2 N–H and O–H groups in total. The van der Waals surface area contributed by atoms with Crippen molar-refractivity contribution in [1.82, 2.24) is 39.8 Å². The Kier molecular flexibility index (Phi) is 9.47. The van der Waals surface area contributed by atoms with Gasteiger partial charge in [-0.1, -0.05) is 13.0 Å². The Hall–Kier alpha value is -4.99. The molecule has 1 amide bonds. The fourth-order valence-electron chi connectivity index (χ4n) is 8.30. The van der Waals surface area contributed by atoms with Crippen LogP contribution in [0.1, 0.15) is 47.9 Å². The number of aromatic nitrogens is 5. The Morgan fingerprint density at radius 3 is 2.64 bits per heavy atom. The molecule has 0 bridgehead atoms. The highest BCUT2D eigenvalue weighted by atomic mass is 19.1. The topological polar surface area (TPSA) is 134 Å². The zero-order valence-corrected chi connectivity index (χ0v) is 31.0. The van der Waals surface area contributed by atoms with Gasteiger partial charge in [-0.2, -0.15) is 15.1 Å². The van der Waals surface area contributed by atoms with Crippen LogP contribution >= 0.6 is 0 Å². The Bertz CT molecular complexity index is 2270. The summed E-state index contributed by atoms with van der Waals surface area (Å²) < 4.78 is 46.2. The lowest BCUT2D eigenvalue weighted by Crippen LogP contribution is -2.46. The number of nitrogens with zero attached hydrogens (tertiary/aromatic N) is 8. The van der Waals surface area contributed by atoms with Crippen molar-refractivity contribution < 1.29 is 28.2 Å². The number of phenolic OH excluding ortho intramolecular Hbond substituents is 1. The van der Waals surface area contributed by atoms with E-state index in [4.69, 9.17) is 19.6 Å². The molecule has 2 saturated heterocycles. The second kappa shape index (κ2) is 14.6. The van der Waals surface area contributed by atoms with Gasteiger partial charge in [0.2, 0.25) is 0 Å². The highest BCUT2D eigenvalue weighted by Crippen LogP contribution is 2.47. The van der Waals surface area contributed by atoms with Gasteiger partial charge in [0.1, 0.15) is 28.6 Å². The van der Waals surface area contributed by atoms with Gasteiger partial charge < -0.3 is 29.7 Å². The molecule has 13 nitrogen and oxygen atoms in total. The SMILES string of the molecule is CCc1c(F)ccc2cc(O)cc(-c3ncc4c(N5CCCn6nc(C(=O)N7CCNCC7)cc6C5)nc(OCC5(CN6CCOCC6)CC5)nc4c3F)c12. The molecular formula is C40H45F2N9O4. The Balaban J connectivity index is 1.11. The average molecular weight is 754 g/mol. The summed E-state index contributed by atoms with van der Waals surface area (Å²) in [7, 11) is 0. The summed E-state index contributed by atoms with van der Waals surface area (Å²) in [5, 5.41) is 20.2. The first-order chi connectivity index (χ1) is 26.8. The zero-order chi connectivity index (χ0) is 37.7. The molecule has 0 radical (unpaired) electrons. The van der Waals surface area contributed by atoms with E-state index in [2.05, 4.69) is 20.2 Å². The first kappa shape index (κ1) is 35.7. The Morgan fingerprint density at radius 1 is 1.04 bits per heavy atom. The lowest BCUT2D eigenvalue weighted by Gasteiger charge is -2.30. The second-order valence-electron chi connectivity index (χ2n) is 15.2. The van der Waals surface area contributed by atoms with Gasteiger partial charge in [0.15, 0.2) is 11.5 Å². The van der Waals surface area contributed by atoms with E-state index in [9.17, 15) is 9.90 Å². The molecule has 5 aromatic rings. The summed E-state index contributed by atoms with van der Waals surface area (Å²) in [4.78, 5) is 33.9. The number of halogens is 2. The minimum absolute atomic E-state index is 0.0151. The standard InChI is InChI=1S/C40H45F2N9O4/c1-2-28-31(41)5-4-25-18-27(52)20-29(33(25)28)35-34(42)36-30(21-44-35)37(46-39(45-36)55-24-40(6-7-40)23-48-14-16-54-17-15-48)50-10-3-11-51-26(22-50)19-32(47-51)38(53)49-12-8-43-9-13-49/h4-5,18-21,43,52H,2-3,6-17,22-24H2,1H3. The van der Waals surface area contributed by atoms with Crippen LogP contribution < -0.4 is 15.0 Å². The lowest BCUT2D eigenvalue weighted by atomic mass is 9.94. The van der Waals surface area contributed by atoms with E-state index in [1.54, 1.807) is 18.3 Å².